The fourth-order valence-electron chi connectivity index (χ4n) is 3.29. The molecule has 108 valence electrons. The van der Waals surface area contributed by atoms with Crippen LogP contribution in [0.5, 0.6) is 0 Å². The van der Waals surface area contributed by atoms with E-state index < -0.39 is 12.1 Å². The van der Waals surface area contributed by atoms with Gasteiger partial charge >= 0.3 is 5.97 Å². The number of carboxylic acids is 1. The molecule has 5 heteroatoms. The third-order valence-corrected chi connectivity index (χ3v) is 4.57. The van der Waals surface area contributed by atoms with Crippen LogP contribution in [-0.4, -0.2) is 60.4 Å². The van der Waals surface area contributed by atoms with E-state index in [-0.39, 0.29) is 6.10 Å². The molecule has 2 N–H and O–H groups in total. The van der Waals surface area contributed by atoms with Gasteiger partial charge in [0.1, 0.15) is 0 Å². The first-order valence-electron chi connectivity index (χ1n) is 7.55. The van der Waals surface area contributed by atoms with Crippen LogP contribution >= 0.6 is 0 Å². The van der Waals surface area contributed by atoms with Gasteiger partial charge in [-0.25, -0.2) is 4.79 Å². The van der Waals surface area contributed by atoms with E-state index in [0.717, 1.165) is 31.5 Å². The van der Waals surface area contributed by atoms with Crippen LogP contribution in [0.3, 0.4) is 0 Å². The molecule has 2 heterocycles. The van der Waals surface area contributed by atoms with Crippen molar-refractivity contribution >= 4 is 5.97 Å². The Morgan fingerprint density at radius 2 is 2.05 bits per heavy atom. The van der Waals surface area contributed by atoms with E-state index in [9.17, 15) is 4.79 Å². The Morgan fingerprint density at radius 1 is 1.21 bits per heavy atom. The van der Waals surface area contributed by atoms with Crippen LogP contribution < -0.4 is 5.32 Å². The standard InChI is InChI=1S/C14H24N2O3/c17-14(18)13-4-3-12(19-13)8-15-7-10-5-6-16(9-10)11-1-2-11/h10-13,15H,1-9H2,(H,17,18). The van der Waals surface area contributed by atoms with Crippen LogP contribution in [0.15, 0.2) is 0 Å². The Balaban J connectivity index is 1.30. The fourth-order valence-corrected chi connectivity index (χ4v) is 3.29. The Bertz CT molecular complexity index is 333. The fraction of sp³-hybridized carbons (Fsp3) is 0.929. The van der Waals surface area contributed by atoms with Gasteiger partial charge in [-0.3, -0.25) is 0 Å². The van der Waals surface area contributed by atoms with Crippen LogP contribution in [-0.2, 0) is 9.53 Å². The molecule has 0 aromatic carbocycles. The van der Waals surface area contributed by atoms with Crippen molar-refractivity contribution in [1.29, 1.82) is 0 Å². The Hall–Kier alpha value is -0.650. The first-order chi connectivity index (χ1) is 9.22. The van der Waals surface area contributed by atoms with Crippen molar-refractivity contribution in [3.8, 4) is 0 Å². The van der Waals surface area contributed by atoms with Gasteiger partial charge in [-0.2, -0.15) is 0 Å². The topological polar surface area (TPSA) is 61.8 Å². The monoisotopic (exact) mass is 268 g/mol. The smallest absolute Gasteiger partial charge is 0.332 e. The van der Waals surface area contributed by atoms with Gasteiger partial charge < -0.3 is 20.1 Å². The van der Waals surface area contributed by atoms with E-state index in [2.05, 4.69) is 10.2 Å². The van der Waals surface area contributed by atoms with Crippen molar-refractivity contribution in [3.63, 3.8) is 0 Å². The summed E-state index contributed by atoms with van der Waals surface area (Å²) in [6.45, 7) is 4.34. The average molecular weight is 268 g/mol. The number of carbonyl (C=O) groups is 1. The zero-order chi connectivity index (χ0) is 13.2. The Kier molecular flexibility index (Phi) is 4.05. The summed E-state index contributed by atoms with van der Waals surface area (Å²) in [7, 11) is 0. The number of aliphatic carboxylic acids is 1. The molecule has 2 saturated heterocycles. The zero-order valence-electron chi connectivity index (χ0n) is 11.4. The van der Waals surface area contributed by atoms with E-state index >= 15 is 0 Å². The van der Waals surface area contributed by atoms with Gasteiger partial charge in [0.05, 0.1) is 6.10 Å². The maximum absolute atomic E-state index is 10.8. The average Bonchev–Trinajstić information content (AvgIpc) is 2.94. The molecule has 0 aromatic heterocycles. The van der Waals surface area contributed by atoms with Crippen LogP contribution in [0.25, 0.3) is 0 Å². The largest absolute Gasteiger partial charge is 0.479 e. The Morgan fingerprint density at radius 3 is 2.74 bits per heavy atom. The van der Waals surface area contributed by atoms with Gasteiger partial charge in [0.25, 0.3) is 0 Å². The summed E-state index contributed by atoms with van der Waals surface area (Å²) in [4.78, 5) is 13.4. The van der Waals surface area contributed by atoms with E-state index in [4.69, 9.17) is 9.84 Å². The summed E-state index contributed by atoms with van der Waals surface area (Å²) in [6.07, 6.45) is 5.11. The molecule has 1 aliphatic carbocycles. The summed E-state index contributed by atoms with van der Waals surface area (Å²) in [5.41, 5.74) is 0. The van der Waals surface area contributed by atoms with Gasteiger partial charge in [0.15, 0.2) is 6.10 Å². The molecule has 2 aliphatic heterocycles. The lowest BCUT2D eigenvalue weighted by Crippen LogP contribution is -2.33. The maximum Gasteiger partial charge on any atom is 0.332 e. The highest BCUT2D eigenvalue weighted by Gasteiger charge is 2.34. The van der Waals surface area contributed by atoms with E-state index in [0.29, 0.717) is 6.42 Å². The molecule has 0 radical (unpaired) electrons. The summed E-state index contributed by atoms with van der Waals surface area (Å²) in [5.74, 6) is -0.0596. The summed E-state index contributed by atoms with van der Waals surface area (Å²) >= 11 is 0. The van der Waals surface area contributed by atoms with Crippen LogP contribution in [0.4, 0.5) is 0 Å². The molecule has 0 amide bonds. The second kappa shape index (κ2) is 5.77. The highest BCUT2D eigenvalue weighted by atomic mass is 16.5. The van der Waals surface area contributed by atoms with Crippen molar-refractivity contribution in [2.45, 2.75) is 50.4 Å². The number of likely N-dealkylation sites (tertiary alicyclic amines) is 1. The van der Waals surface area contributed by atoms with Crippen molar-refractivity contribution in [1.82, 2.24) is 10.2 Å². The highest BCUT2D eigenvalue weighted by Crippen LogP contribution is 2.31. The zero-order valence-corrected chi connectivity index (χ0v) is 11.4. The minimum absolute atomic E-state index is 0.0852. The minimum atomic E-state index is -0.821. The summed E-state index contributed by atoms with van der Waals surface area (Å²) in [6, 6.07) is 0.888. The molecule has 0 bridgehead atoms. The molecular formula is C14H24N2O3. The van der Waals surface area contributed by atoms with Gasteiger partial charge in [-0.1, -0.05) is 0 Å². The quantitative estimate of drug-likeness (QED) is 0.742. The van der Waals surface area contributed by atoms with E-state index in [1.54, 1.807) is 0 Å². The molecule has 0 spiro atoms. The number of ether oxygens (including phenoxy) is 1. The second-order valence-electron chi connectivity index (χ2n) is 6.20. The third-order valence-electron chi connectivity index (χ3n) is 4.57. The summed E-state index contributed by atoms with van der Waals surface area (Å²) in [5, 5.41) is 12.3. The molecule has 3 aliphatic rings. The van der Waals surface area contributed by atoms with Gasteiger partial charge in [0.2, 0.25) is 0 Å². The number of hydrogen-bond donors (Lipinski definition) is 2. The lowest BCUT2D eigenvalue weighted by atomic mass is 10.1. The van der Waals surface area contributed by atoms with Crippen molar-refractivity contribution in [2.24, 2.45) is 5.92 Å². The maximum atomic E-state index is 10.8. The Labute approximate surface area is 114 Å². The molecule has 5 nitrogen and oxygen atoms in total. The number of hydrogen-bond acceptors (Lipinski definition) is 4. The number of nitrogens with one attached hydrogen (secondary N) is 1. The molecule has 0 aromatic rings. The van der Waals surface area contributed by atoms with E-state index in [1.807, 2.05) is 0 Å². The number of carboxylic acid groups (broad SMARTS) is 1. The molecule has 3 fully saturated rings. The van der Waals surface area contributed by atoms with Crippen molar-refractivity contribution in [3.05, 3.63) is 0 Å². The normalized spacial score (nSPS) is 35.9. The summed E-state index contributed by atoms with van der Waals surface area (Å²) < 4.78 is 5.48. The molecule has 1 saturated carbocycles. The van der Waals surface area contributed by atoms with Gasteiger partial charge in [-0.05, 0) is 51.1 Å². The number of nitrogens with zero attached hydrogens (tertiary/aromatic N) is 1. The lowest BCUT2D eigenvalue weighted by Gasteiger charge is -2.16. The van der Waals surface area contributed by atoms with Crippen LogP contribution in [0, 0.1) is 5.92 Å². The van der Waals surface area contributed by atoms with Gasteiger partial charge in [-0.15, -0.1) is 0 Å². The van der Waals surface area contributed by atoms with Crippen LogP contribution in [0.2, 0.25) is 0 Å². The molecular weight excluding hydrogens is 244 g/mol. The van der Waals surface area contributed by atoms with E-state index in [1.165, 1.54) is 32.4 Å². The van der Waals surface area contributed by atoms with Crippen molar-refractivity contribution < 1.29 is 14.6 Å². The SMILES string of the molecule is O=C(O)C1CCC(CNCC2CCN(C3CC3)C2)O1. The van der Waals surface area contributed by atoms with Gasteiger partial charge in [0, 0.05) is 19.1 Å². The highest BCUT2D eigenvalue weighted by molar-refractivity contribution is 5.72. The molecule has 19 heavy (non-hydrogen) atoms. The third kappa shape index (κ3) is 3.46. The predicted molar refractivity (Wildman–Crippen MR) is 71.1 cm³/mol. The molecule has 3 atom stereocenters. The molecule has 3 unspecified atom stereocenters. The minimum Gasteiger partial charge on any atom is -0.479 e. The van der Waals surface area contributed by atoms with Crippen molar-refractivity contribution in [2.75, 3.05) is 26.2 Å². The lowest BCUT2D eigenvalue weighted by molar-refractivity contribution is -0.149. The first kappa shape index (κ1) is 13.3. The predicted octanol–water partition coefficient (Wildman–Crippen LogP) is 0.692. The van der Waals surface area contributed by atoms with Crippen LogP contribution in [0.1, 0.15) is 32.1 Å². The number of rotatable bonds is 6. The molecule has 3 rings (SSSR count). The first-order valence-corrected chi connectivity index (χ1v) is 7.55. The second-order valence-corrected chi connectivity index (χ2v) is 6.20.